The van der Waals surface area contributed by atoms with Crippen molar-refractivity contribution in [3.63, 3.8) is 0 Å². The van der Waals surface area contributed by atoms with E-state index in [0.717, 1.165) is 12.1 Å². The van der Waals surface area contributed by atoms with Crippen molar-refractivity contribution in [3.05, 3.63) is 73.7 Å². The van der Waals surface area contributed by atoms with E-state index in [1.807, 2.05) is 0 Å². The average molecular weight is 507 g/mol. The van der Waals surface area contributed by atoms with Crippen LogP contribution in [0.1, 0.15) is 41.0 Å². The molecule has 0 aromatic heterocycles. The number of ether oxygens (including phenoxy) is 1. The first-order chi connectivity index (χ1) is 14.9. The minimum Gasteiger partial charge on any atom is -0.405 e. The second kappa shape index (κ2) is 8.04. The summed E-state index contributed by atoms with van der Waals surface area (Å²) in [7, 11) is 0. The smallest absolute Gasteiger partial charge is 0.399 e. The number of cyclic esters (lactones) is 1. The van der Waals surface area contributed by atoms with Crippen LogP contribution in [0.3, 0.4) is 0 Å². The highest BCUT2D eigenvalue weighted by molar-refractivity contribution is 6.48. The molecule has 1 saturated carbocycles. The molecule has 1 heterocycles. The number of hydrogen-bond donors (Lipinski definition) is 0. The third-order valence-corrected chi connectivity index (χ3v) is 6.57. The normalized spacial score (nSPS) is 18.6. The number of carbonyl (C=O) groups is 1. The van der Waals surface area contributed by atoms with Gasteiger partial charge in [0.05, 0.1) is 15.1 Å². The minimum atomic E-state index is -4.81. The van der Waals surface area contributed by atoms with Gasteiger partial charge in [0.25, 0.3) is 0 Å². The number of aliphatic imine (C=N–C) groups is 1. The first-order valence-electron chi connectivity index (χ1n) is 9.43. The van der Waals surface area contributed by atoms with Gasteiger partial charge in [0, 0.05) is 11.1 Å². The van der Waals surface area contributed by atoms with Crippen molar-refractivity contribution in [2.45, 2.75) is 37.4 Å². The molecule has 2 aliphatic rings. The summed E-state index contributed by atoms with van der Waals surface area (Å²) in [4.78, 5) is 16.2. The van der Waals surface area contributed by atoms with Crippen molar-refractivity contribution in [3.8, 4) is 0 Å². The Balaban J connectivity index is 1.67. The summed E-state index contributed by atoms with van der Waals surface area (Å²) in [6, 6.07) is 6.14. The van der Waals surface area contributed by atoms with Gasteiger partial charge in [0.2, 0.25) is 5.90 Å². The standard InChI is InChI=1S/C22H14Cl3F4NO2/c1-10-6-11(2-3-13(10)19-30-21(4-5-21)20(31)32-19)17(26)9-14(22(27,28)29)12-7-15(23)18(25)16(24)8-12/h2-3,6-9,14H,4-5H2,1H3/b17-9-. The number of aryl methyl sites for hydroxylation is 1. The Bertz CT molecular complexity index is 1160. The van der Waals surface area contributed by atoms with Crippen LogP contribution in [0, 0.1) is 6.92 Å². The molecule has 168 valence electrons. The molecule has 2 aromatic carbocycles. The Morgan fingerprint density at radius 2 is 1.78 bits per heavy atom. The molecular formula is C22H14Cl3F4NO2. The molecule has 4 rings (SSSR count). The molecule has 1 spiro atoms. The van der Waals surface area contributed by atoms with Gasteiger partial charge < -0.3 is 4.74 Å². The van der Waals surface area contributed by atoms with Gasteiger partial charge in [-0.1, -0.05) is 40.9 Å². The van der Waals surface area contributed by atoms with Crippen LogP contribution in [-0.4, -0.2) is 23.6 Å². The summed E-state index contributed by atoms with van der Waals surface area (Å²) < 4.78 is 61.3. The zero-order chi connectivity index (χ0) is 23.4. The largest absolute Gasteiger partial charge is 0.405 e. The molecular weight excluding hydrogens is 493 g/mol. The number of esters is 1. The maximum absolute atomic E-state index is 14.9. The van der Waals surface area contributed by atoms with Gasteiger partial charge >= 0.3 is 12.1 Å². The van der Waals surface area contributed by atoms with E-state index in [2.05, 4.69) is 4.99 Å². The Morgan fingerprint density at radius 3 is 2.28 bits per heavy atom. The highest BCUT2D eigenvalue weighted by Crippen LogP contribution is 2.45. The number of alkyl halides is 3. The van der Waals surface area contributed by atoms with Crippen LogP contribution in [0.25, 0.3) is 5.83 Å². The molecule has 1 atom stereocenters. The highest BCUT2D eigenvalue weighted by atomic mass is 35.5. The Labute approximate surface area is 195 Å². The lowest BCUT2D eigenvalue weighted by Gasteiger charge is -2.19. The average Bonchev–Trinajstić information content (AvgIpc) is 3.41. The SMILES string of the molecule is Cc1cc(/C(F)=C/C(c2cc(Cl)c(Cl)c(Cl)c2)C(F)(F)F)ccc1C1=NC2(CC2)C(=O)O1. The van der Waals surface area contributed by atoms with Gasteiger partial charge in [-0.05, 0) is 61.2 Å². The zero-order valence-corrected chi connectivity index (χ0v) is 18.6. The van der Waals surface area contributed by atoms with Crippen LogP contribution in [0.2, 0.25) is 15.1 Å². The molecule has 3 nitrogen and oxygen atoms in total. The Kier molecular flexibility index (Phi) is 5.80. The van der Waals surface area contributed by atoms with Gasteiger partial charge in [-0.2, -0.15) is 13.2 Å². The monoisotopic (exact) mass is 505 g/mol. The Morgan fingerprint density at radius 1 is 1.16 bits per heavy atom. The zero-order valence-electron chi connectivity index (χ0n) is 16.4. The first-order valence-corrected chi connectivity index (χ1v) is 10.6. The van der Waals surface area contributed by atoms with Crippen molar-refractivity contribution >= 4 is 52.5 Å². The molecule has 2 aromatic rings. The van der Waals surface area contributed by atoms with Gasteiger partial charge in [0.15, 0.2) is 5.54 Å². The van der Waals surface area contributed by atoms with E-state index in [0.29, 0.717) is 30.0 Å². The molecule has 0 N–H and O–H groups in total. The van der Waals surface area contributed by atoms with Crippen LogP contribution >= 0.6 is 34.8 Å². The fourth-order valence-corrected chi connectivity index (χ4v) is 4.04. The molecule has 1 fully saturated rings. The highest BCUT2D eigenvalue weighted by Gasteiger charge is 2.56. The maximum atomic E-state index is 14.9. The number of hydrogen-bond acceptors (Lipinski definition) is 3. The number of benzene rings is 2. The molecule has 0 radical (unpaired) electrons. The van der Waals surface area contributed by atoms with Crippen LogP contribution in [0.15, 0.2) is 41.4 Å². The summed E-state index contributed by atoms with van der Waals surface area (Å²) in [5.74, 6) is -3.67. The van der Waals surface area contributed by atoms with Crippen LogP contribution < -0.4 is 0 Å². The number of halogens is 7. The molecule has 10 heteroatoms. The predicted molar refractivity (Wildman–Crippen MR) is 115 cm³/mol. The van der Waals surface area contributed by atoms with E-state index >= 15 is 0 Å². The quantitative estimate of drug-likeness (QED) is 0.245. The number of allylic oxidation sites excluding steroid dienone is 1. The summed E-state index contributed by atoms with van der Waals surface area (Å²) in [6.07, 6.45) is -3.13. The van der Waals surface area contributed by atoms with Crippen LogP contribution in [-0.2, 0) is 9.53 Å². The molecule has 0 bridgehead atoms. The summed E-state index contributed by atoms with van der Waals surface area (Å²) in [6.45, 7) is 1.63. The molecule has 32 heavy (non-hydrogen) atoms. The van der Waals surface area contributed by atoms with Crippen LogP contribution in [0.4, 0.5) is 17.6 Å². The van der Waals surface area contributed by atoms with E-state index < -0.39 is 29.4 Å². The molecule has 0 amide bonds. The molecule has 0 saturated heterocycles. The van der Waals surface area contributed by atoms with Crippen LogP contribution in [0.5, 0.6) is 0 Å². The van der Waals surface area contributed by atoms with Gasteiger partial charge in [-0.25, -0.2) is 14.2 Å². The van der Waals surface area contributed by atoms with E-state index in [4.69, 9.17) is 39.5 Å². The molecule has 1 aliphatic heterocycles. The predicted octanol–water partition coefficient (Wildman–Crippen LogP) is 7.45. The third kappa shape index (κ3) is 4.26. The topological polar surface area (TPSA) is 38.7 Å². The Hall–Kier alpha value is -2.09. The van der Waals surface area contributed by atoms with E-state index in [9.17, 15) is 22.4 Å². The first kappa shape index (κ1) is 23.1. The van der Waals surface area contributed by atoms with Crippen molar-refractivity contribution in [1.29, 1.82) is 0 Å². The second-order valence-electron chi connectivity index (χ2n) is 7.70. The van der Waals surface area contributed by atoms with Gasteiger partial charge in [0.1, 0.15) is 11.7 Å². The molecule has 1 aliphatic carbocycles. The van der Waals surface area contributed by atoms with Crippen molar-refractivity contribution < 1.29 is 27.1 Å². The lowest BCUT2D eigenvalue weighted by Crippen LogP contribution is -2.19. The maximum Gasteiger partial charge on any atom is 0.399 e. The number of rotatable bonds is 4. The van der Waals surface area contributed by atoms with E-state index in [-0.39, 0.29) is 32.1 Å². The van der Waals surface area contributed by atoms with Crippen molar-refractivity contribution in [1.82, 2.24) is 0 Å². The van der Waals surface area contributed by atoms with Crippen molar-refractivity contribution in [2.24, 2.45) is 4.99 Å². The second-order valence-corrected chi connectivity index (χ2v) is 8.89. The van der Waals surface area contributed by atoms with E-state index in [1.165, 1.54) is 18.2 Å². The number of carbonyl (C=O) groups excluding carboxylic acids is 1. The minimum absolute atomic E-state index is 0.0716. The lowest BCUT2D eigenvalue weighted by molar-refractivity contribution is -0.139. The van der Waals surface area contributed by atoms with Gasteiger partial charge in [-0.15, -0.1) is 0 Å². The van der Waals surface area contributed by atoms with Crippen molar-refractivity contribution in [2.75, 3.05) is 0 Å². The summed E-state index contributed by atoms with van der Waals surface area (Å²) in [5, 5.41) is -0.423. The fourth-order valence-electron chi connectivity index (χ4n) is 3.42. The summed E-state index contributed by atoms with van der Waals surface area (Å²) >= 11 is 17.5. The lowest BCUT2D eigenvalue weighted by atomic mass is 9.96. The summed E-state index contributed by atoms with van der Waals surface area (Å²) in [5.41, 5.74) is -0.244. The van der Waals surface area contributed by atoms with E-state index in [1.54, 1.807) is 6.92 Å². The fraction of sp³-hybridized carbons (Fsp3) is 0.273. The molecule has 1 unspecified atom stereocenters. The third-order valence-electron chi connectivity index (χ3n) is 5.37. The number of nitrogens with zero attached hydrogens (tertiary/aromatic N) is 1. The van der Waals surface area contributed by atoms with Gasteiger partial charge in [-0.3, -0.25) is 0 Å².